The number of rotatable bonds is 6. The Bertz CT molecular complexity index is 944. The summed E-state index contributed by atoms with van der Waals surface area (Å²) in [4.78, 5) is 19.7. The van der Waals surface area contributed by atoms with Gasteiger partial charge >= 0.3 is 0 Å². The van der Waals surface area contributed by atoms with Crippen molar-refractivity contribution < 1.29 is 4.42 Å². The molecule has 4 rings (SSSR count). The number of H-pyrrole nitrogens is 1. The first-order valence-corrected chi connectivity index (χ1v) is 9.41. The molecule has 1 fully saturated rings. The number of nitrogens with zero attached hydrogens (tertiary/aromatic N) is 4. The van der Waals surface area contributed by atoms with Crippen LogP contribution < -0.4 is 10.9 Å². The van der Waals surface area contributed by atoms with E-state index >= 15 is 0 Å². The number of aromatic nitrogens is 3. The first kappa shape index (κ1) is 18.4. The molecule has 1 saturated heterocycles. The minimum absolute atomic E-state index is 0.277. The lowest BCUT2D eigenvalue weighted by Crippen LogP contribution is -2.43. The quantitative estimate of drug-likeness (QED) is 0.674. The Balaban J connectivity index is 1.36. The Kier molecular flexibility index (Phi) is 5.50. The highest BCUT2D eigenvalue weighted by Crippen LogP contribution is 2.15. The Hall–Kier alpha value is -2.97. The van der Waals surface area contributed by atoms with Crippen molar-refractivity contribution >= 4 is 11.6 Å². The first-order chi connectivity index (χ1) is 13.7. The van der Waals surface area contributed by atoms with Crippen molar-refractivity contribution in [3.05, 3.63) is 70.0 Å². The van der Waals surface area contributed by atoms with Crippen molar-refractivity contribution in [3.63, 3.8) is 0 Å². The molecule has 1 aromatic carbocycles. The number of hydrogen-bond acceptors (Lipinski definition) is 7. The summed E-state index contributed by atoms with van der Waals surface area (Å²) >= 11 is 0. The molecule has 2 N–H and O–H groups in total. The van der Waals surface area contributed by atoms with Gasteiger partial charge in [0.25, 0.3) is 5.56 Å². The van der Waals surface area contributed by atoms with Gasteiger partial charge in [0, 0.05) is 38.4 Å². The van der Waals surface area contributed by atoms with Crippen LogP contribution in [0.25, 0.3) is 0 Å². The molecule has 1 aliphatic rings. The van der Waals surface area contributed by atoms with E-state index in [-0.39, 0.29) is 5.56 Å². The van der Waals surface area contributed by atoms with Gasteiger partial charge in [-0.2, -0.15) is 0 Å². The number of aromatic amines is 1. The third kappa shape index (κ3) is 4.65. The molecule has 0 spiro atoms. The van der Waals surface area contributed by atoms with Crippen LogP contribution in [0.3, 0.4) is 0 Å². The lowest BCUT2D eigenvalue weighted by Gasteiger charge is -2.32. The van der Waals surface area contributed by atoms with E-state index < -0.39 is 0 Å². The molecule has 146 valence electrons. The van der Waals surface area contributed by atoms with Crippen LogP contribution in [0.15, 0.2) is 51.9 Å². The molecule has 2 aromatic heterocycles. The second-order valence-electron chi connectivity index (χ2n) is 7.11. The van der Waals surface area contributed by atoms with Crippen LogP contribution in [0, 0.1) is 0 Å². The Morgan fingerprint density at radius 3 is 2.57 bits per heavy atom. The Morgan fingerprint density at radius 2 is 1.89 bits per heavy atom. The van der Waals surface area contributed by atoms with E-state index in [0.29, 0.717) is 23.8 Å². The molecule has 1 aliphatic heterocycles. The highest BCUT2D eigenvalue weighted by molar-refractivity contribution is 5.53. The molecule has 0 saturated carbocycles. The summed E-state index contributed by atoms with van der Waals surface area (Å²) in [7, 11) is 2.16. The molecular formula is C20H24N6O2. The van der Waals surface area contributed by atoms with Gasteiger partial charge in [0.15, 0.2) is 0 Å². The number of anilines is 2. The number of likely N-dealkylation sites (N-methyl/N-ethyl adjacent to an activating group) is 1. The summed E-state index contributed by atoms with van der Waals surface area (Å²) in [5.41, 5.74) is 2.16. The number of hydrogen-bond donors (Lipinski definition) is 2. The van der Waals surface area contributed by atoms with Crippen molar-refractivity contribution in [2.24, 2.45) is 0 Å². The molecule has 3 aromatic rings. The van der Waals surface area contributed by atoms with E-state index in [1.54, 1.807) is 18.4 Å². The second-order valence-corrected chi connectivity index (χ2v) is 7.11. The Labute approximate surface area is 163 Å². The predicted octanol–water partition coefficient (Wildman–Crippen LogP) is 1.84. The van der Waals surface area contributed by atoms with Crippen LogP contribution in [0.1, 0.15) is 17.0 Å². The fourth-order valence-corrected chi connectivity index (χ4v) is 3.20. The zero-order chi connectivity index (χ0) is 19.3. The summed E-state index contributed by atoms with van der Waals surface area (Å²) < 4.78 is 5.25. The number of nitrogens with one attached hydrogen (secondary N) is 2. The topological polar surface area (TPSA) is 90.3 Å². The molecule has 8 nitrogen and oxygen atoms in total. The molecule has 0 aliphatic carbocycles. The molecule has 8 heteroatoms. The smallest absolute Gasteiger partial charge is 0.274 e. The van der Waals surface area contributed by atoms with Crippen molar-refractivity contribution in [2.45, 2.75) is 13.0 Å². The van der Waals surface area contributed by atoms with Gasteiger partial charge in [-0.05, 0) is 36.9 Å². The predicted molar refractivity (Wildman–Crippen MR) is 107 cm³/mol. The molecule has 0 radical (unpaired) electrons. The summed E-state index contributed by atoms with van der Waals surface area (Å²) in [6.45, 7) is 5.37. The zero-order valence-electron chi connectivity index (χ0n) is 15.9. The molecule has 28 heavy (non-hydrogen) atoms. The van der Waals surface area contributed by atoms with Crippen molar-refractivity contribution in [2.75, 3.05) is 38.5 Å². The highest BCUT2D eigenvalue weighted by Gasteiger charge is 2.14. The van der Waals surface area contributed by atoms with Gasteiger partial charge in [-0.1, -0.05) is 12.1 Å². The fraction of sp³-hybridized carbons (Fsp3) is 0.350. The van der Waals surface area contributed by atoms with Crippen LogP contribution in [0.2, 0.25) is 0 Å². The number of piperazine rings is 1. The average Bonchev–Trinajstić information content (AvgIpc) is 3.21. The van der Waals surface area contributed by atoms with Gasteiger partial charge < -0.3 is 14.6 Å². The number of benzene rings is 1. The SMILES string of the molecule is CN1CCN(Cc2ccc(Nc3nnc(Cc4ccco4)c(=O)[nH]3)cc2)CC1. The van der Waals surface area contributed by atoms with E-state index in [4.69, 9.17) is 4.42 Å². The average molecular weight is 380 g/mol. The van der Waals surface area contributed by atoms with Gasteiger partial charge in [-0.15, -0.1) is 10.2 Å². The van der Waals surface area contributed by atoms with Crippen LogP contribution in [-0.4, -0.2) is 58.2 Å². The van der Waals surface area contributed by atoms with E-state index in [1.165, 1.54) is 5.56 Å². The highest BCUT2D eigenvalue weighted by atomic mass is 16.3. The van der Waals surface area contributed by atoms with Gasteiger partial charge in [0.05, 0.1) is 12.7 Å². The van der Waals surface area contributed by atoms with E-state index in [9.17, 15) is 4.79 Å². The van der Waals surface area contributed by atoms with Crippen LogP contribution in [0.4, 0.5) is 11.6 Å². The van der Waals surface area contributed by atoms with Crippen LogP contribution in [-0.2, 0) is 13.0 Å². The van der Waals surface area contributed by atoms with Gasteiger partial charge in [0.1, 0.15) is 11.5 Å². The summed E-state index contributed by atoms with van der Waals surface area (Å²) in [6, 6.07) is 11.7. The summed E-state index contributed by atoms with van der Waals surface area (Å²) in [5.74, 6) is 0.997. The van der Waals surface area contributed by atoms with Gasteiger partial charge in [-0.25, -0.2) is 0 Å². The monoisotopic (exact) mass is 380 g/mol. The standard InChI is InChI=1S/C20H24N6O2/c1-25-8-10-26(11-9-25)14-15-4-6-16(7-5-15)21-20-22-19(27)18(23-24-20)13-17-3-2-12-28-17/h2-7,12H,8-11,13-14H2,1H3,(H2,21,22,24,27). The van der Waals surface area contributed by atoms with E-state index in [1.807, 2.05) is 12.1 Å². The minimum Gasteiger partial charge on any atom is -0.469 e. The van der Waals surface area contributed by atoms with E-state index in [2.05, 4.69) is 49.5 Å². The van der Waals surface area contributed by atoms with Crippen LogP contribution >= 0.6 is 0 Å². The lowest BCUT2D eigenvalue weighted by molar-refractivity contribution is 0.148. The van der Waals surface area contributed by atoms with E-state index in [0.717, 1.165) is 38.4 Å². The van der Waals surface area contributed by atoms with Crippen LogP contribution in [0.5, 0.6) is 0 Å². The molecule has 0 unspecified atom stereocenters. The maximum atomic E-state index is 12.2. The van der Waals surface area contributed by atoms with Gasteiger partial charge in [0.2, 0.25) is 5.95 Å². The Morgan fingerprint density at radius 1 is 1.11 bits per heavy atom. The summed E-state index contributed by atoms with van der Waals surface area (Å²) in [5, 5.41) is 11.2. The number of furan rings is 1. The molecule has 3 heterocycles. The second kappa shape index (κ2) is 8.37. The first-order valence-electron chi connectivity index (χ1n) is 9.41. The van der Waals surface area contributed by atoms with Crippen molar-refractivity contribution in [3.8, 4) is 0 Å². The minimum atomic E-state index is -0.277. The maximum absolute atomic E-state index is 12.2. The molecule has 0 amide bonds. The zero-order valence-corrected chi connectivity index (χ0v) is 15.9. The van der Waals surface area contributed by atoms with Gasteiger partial charge in [-0.3, -0.25) is 14.7 Å². The lowest BCUT2D eigenvalue weighted by atomic mass is 10.2. The fourth-order valence-electron chi connectivity index (χ4n) is 3.20. The molecule has 0 bridgehead atoms. The third-order valence-corrected chi connectivity index (χ3v) is 4.91. The van der Waals surface area contributed by atoms with Crippen molar-refractivity contribution in [1.82, 2.24) is 25.0 Å². The maximum Gasteiger partial charge on any atom is 0.274 e. The normalized spacial score (nSPS) is 15.6. The third-order valence-electron chi connectivity index (χ3n) is 4.91. The molecular weight excluding hydrogens is 356 g/mol. The summed E-state index contributed by atoms with van der Waals surface area (Å²) in [6.07, 6.45) is 1.89. The molecule has 0 atom stereocenters. The van der Waals surface area contributed by atoms with Crippen molar-refractivity contribution in [1.29, 1.82) is 0 Å². The largest absolute Gasteiger partial charge is 0.469 e.